The Balaban J connectivity index is 0. The molecule has 0 saturated carbocycles. The van der Waals surface area contributed by atoms with E-state index >= 15 is 0 Å². The van der Waals surface area contributed by atoms with E-state index in [1.54, 1.807) is 0 Å². The average Bonchev–Trinajstić information content (AvgIpc) is 3.11. The van der Waals surface area contributed by atoms with Crippen LogP contribution in [0.5, 0.6) is 0 Å². The normalized spacial score (nSPS) is 12.5. The number of likely N-dealkylation sites (N-methyl/N-ethyl adjacent to an activating group) is 1. The van der Waals surface area contributed by atoms with Gasteiger partial charge < -0.3 is 43.0 Å². The number of rotatable bonds is 41. The highest BCUT2D eigenvalue weighted by molar-refractivity contribution is 5.69. The van der Waals surface area contributed by atoms with E-state index < -0.39 is 0 Å². The van der Waals surface area contributed by atoms with Gasteiger partial charge in [-0.25, -0.2) is 0 Å². The van der Waals surface area contributed by atoms with Crippen LogP contribution in [-0.4, -0.2) is 67.5 Å². The van der Waals surface area contributed by atoms with Gasteiger partial charge in [-0.3, -0.25) is 9.59 Å². The van der Waals surface area contributed by atoms with Crippen molar-refractivity contribution in [2.75, 3.05) is 39.9 Å². The molecule has 0 aliphatic rings. The number of quaternary nitrogens is 1. The number of carbonyl (C=O) groups is 2. The van der Waals surface area contributed by atoms with Gasteiger partial charge in [0.1, 0.15) is 12.6 Å². The molecular weight excluding hydrogens is 761 g/mol. The predicted molar refractivity (Wildman–Crippen MR) is 218 cm³/mol. The summed E-state index contributed by atoms with van der Waals surface area (Å²) in [5.41, 5.74) is 0. The number of halogens is 1. The van der Waals surface area contributed by atoms with Crippen molar-refractivity contribution in [2.24, 2.45) is 0 Å². The molecule has 0 aliphatic carbocycles. The summed E-state index contributed by atoms with van der Waals surface area (Å²) in [5, 5.41) is 9.72. The zero-order chi connectivity index (χ0) is 37.5. The summed E-state index contributed by atoms with van der Waals surface area (Å²) in [6.45, 7) is 10.5. The zero-order valence-corrected chi connectivity index (χ0v) is 37.5. The maximum atomic E-state index is 12.7. The van der Waals surface area contributed by atoms with Gasteiger partial charge in [0.25, 0.3) is 0 Å². The van der Waals surface area contributed by atoms with Crippen molar-refractivity contribution in [1.29, 1.82) is 0 Å². The fourth-order valence-corrected chi connectivity index (χ4v) is 7.29. The van der Waals surface area contributed by atoms with Crippen LogP contribution in [0.1, 0.15) is 233 Å². The van der Waals surface area contributed by atoms with Gasteiger partial charge in [-0.1, -0.05) is 149 Å². The maximum Gasteiger partial charge on any atom is 0.306 e. The fraction of sp³-hybridized carbons (Fsp3) is 0.956. The van der Waals surface area contributed by atoms with Crippen molar-refractivity contribution in [3.8, 4) is 0 Å². The van der Waals surface area contributed by atoms with Gasteiger partial charge in [0.05, 0.1) is 33.4 Å². The van der Waals surface area contributed by atoms with Crippen molar-refractivity contribution >= 4 is 11.9 Å². The van der Waals surface area contributed by atoms with Gasteiger partial charge in [-0.2, -0.15) is 0 Å². The molecule has 0 rings (SSSR count). The van der Waals surface area contributed by atoms with E-state index in [1.807, 2.05) is 0 Å². The van der Waals surface area contributed by atoms with Crippen molar-refractivity contribution in [3.05, 3.63) is 0 Å². The van der Waals surface area contributed by atoms with Crippen LogP contribution < -0.4 is 24.0 Å². The van der Waals surface area contributed by atoms with E-state index in [2.05, 4.69) is 27.8 Å². The Morgan fingerprint density at radius 1 is 0.481 bits per heavy atom. The first-order chi connectivity index (χ1) is 24.9. The van der Waals surface area contributed by atoms with Crippen LogP contribution in [0.4, 0.5) is 0 Å². The second-order valence-corrected chi connectivity index (χ2v) is 16.1. The Hall–Kier alpha value is -0.410. The number of hydrogen-bond donors (Lipinski definition) is 1. The molecule has 0 aromatic carbocycles. The van der Waals surface area contributed by atoms with E-state index in [9.17, 15) is 14.7 Å². The second-order valence-electron chi connectivity index (χ2n) is 16.1. The third-order valence-corrected chi connectivity index (χ3v) is 10.9. The monoisotopic (exact) mass is 852 g/mol. The predicted octanol–water partition coefficient (Wildman–Crippen LogP) is 9.82. The topological polar surface area (TPSA) is 72.8 Å². The number of esters is 2. The Morgan fingerprint density at radius 3 is 1.31 bits per heavy atom. The lowest BCUT2D eigenvalue weighted by atomic mass is 10.0. The molecule has 0 saturated heterocycles. The van der Waals surface area contributed by atoms with Crippen LogP contribution in [0.25, 0.3) is 0 Å². The second kappa shape index (κ2) is 41.7. The number of aliphatic hydroxyl groups is 1. The Bertz CT molecular complexity index is 737. The molecule has 0 fully saturated rings. The molecule has 312 valence electrons. The first kappa shape index (κ1) is 53.7. The highest BCUT2D eigenvalue weighted by atomic mass is 127. The van der Waals surface area contributed by atoms with Gasteiger partial charge in [0, 0.05) is 12.8 Å². The summed E-state index contributed by atoms with van der Waals surface area (Å²) in [6.07, 6.45) is 38.5. The Kier molecular flexibility index (Phi) is 43.1. The molecule has 0 aromatic rings. The lowest BCUT2D eigenvalue weighted by molar-refractivity contribution is -0.910. The van der Waals surface area contributed by atoms with Gasteiger partial charge in [0.2, 0.25) is 0 Å². The van der Waals surface area contributed by atoms with Crippen molar-refractivity contribution in [2.45, 2.75) is 239 Å². The molecule has 7 heteroatoms. The van der Waals surface area contributed by atoms with Crippen LogP contribution >= 0.6 is 0 Å². The SMILES string of the molecule is CCCCCCCCCCCOC(=O)CCCCC[N+](C)(CCO)CCCCCCCC(=O)OC(CCCCCCCC)CCCCCCCC.[I-]. The standard InChI is InChI=1S/C45H90NO5.HI/c1-5-8-11-14-17-18-19-25-33-42-50-44(48)36-30-26-32-39-46(4,40-41-47)38-31-24-20-23-29-37-45(49)51-43(34-27-21-15-12-9-6-2)35-28-22-16-13-10-7-3;/h43,47H,5-42H2,1-4H3;1H/q+1;/p-1. The van der Waals surface area contributed by atoms with Gasteiger partial charge in [-0.15, -0.1) is 0 Å². The molecule has 6 nitrogen and oxygen atoms in total. The molecule has 0 aromatic heterocycles. The summed E-state index contributed by atoms with van der Waals surface area (Å²) in [6, 6.07) is 0. The smallest absolute Gasteiger partial charge is 0.306 e. The van der Waals surface area contributed by atoms with Gasteiger partial charge >= 0.3 is 11.9 Å². The van der Waals surface area contributed by atoms with Crippen LogP contribution in [0, 0.1) is 0 Å². The minimum absolute atomic E-state index is 0. The molecule has 0 spiro atoms. The molecule has 52 heavy (non-hydrogen) atoms. The number of ether oxygens (including phenoxy) is 2. The molecule has 0 aliphatic heterocycles. The van der Waals surface area contributed by atoms with E-state index in [0.717, 1.165) is 101 Å². The minimum atomic E-state index is -0.0448. The Labute approximate surface area is 341 Å². The van der Waals surface area contributed by atoms with E-state index in [0.29, 0.717) is 19.4 Å². The van der Waals surface area contributed by atoms with E-state index in [-0.39, 0.29) is 48.6 Å². The number of nitrogens with zero attached hydrogens (tertiary/aromatic N) is 1. The molecule has 0 bridgehead atoms. The number of hydrogen-bond acceptors (Lipinski definition) is 5. The van der Waals surface area contributed by atoms with E-state index in [4.69, 9.17) is 9.47 Å². The molecule has 1 atom stereocenters. The number of carbonyl (C=O) groups excluding carboxylic acids is 2. The summed E-state index contributed by atoms with van der Waals surface area (Å²) >= 11 is 0. The van der Waals surface area contributed by atoms with Crippen molar-refractivity contribution < 1.29 is 52.6 Å². The first-order valence-electron chi connectivity index (χ1n) is 22.7. The fourth-order valence-electron chi connectivity index (χ4n) is 7.29. The third kappa shape index (κ3) is 37.9. The number of unbranched alkanes of at least 4 members (excludes halogenated alkanes) is 24. The summed E-state index contributed by atoms with van der Waals surface area (Å²) < 4.78 is 12.4. The summed E-state index contributed by atoms with van der Waals surface area (Å²) in [5.74, 6) is -0.0344. The zero-order valence-electron chi connectivity index (χ0n) is 35.4. The molecule has 1 unspecified atom stereocenters. The summed E-state index contributed by atoms with van der Waals surface area (Å²) in [4.78, 5) is 24.9. The molecular formula is C45H90INO5. The van der Waals surface area contributed by atoms with E-state index in [1.165, 1.54) is 122 Å². The third-order valence-electron chi connectivity index (χ3n) is 10.9. The summed E-state index contributed by atoms with van der Waals surface area (Å²) in [7, 11) is 2.26. The molecule has 0 heterocycles. The lowest BCUT2D eigenvalue weighted by Crippen LogP contribution is -3.00. The van der Waals surface area contributed by atoms with Crippen LogP contribution in [0.2, 0.25) is 0 Å². The average molecular weight is 852 g/mol. The van der Waals surface area contributed by atoms with Crippen LogP contribution in [-0.2, 0) is 19.1 Å². The van der Waals surface area contributed by atoms with Crippen molar-refractivity contribution in [1.82, 2.24) is 0 Å². The lowest BCUT2D eigenvalue weighted by Gasteiger charge is -2.34. The van der Waals surface area contributed by atoms with Crippen LogP contribution in [0.3, 0.4) is 0 Å². The molecule has 0 amide bonds. The highest BCUT2D eigenvalue weighted by Crippen LogP contribution is 2.19. The largest absolute Gasteiger partial charge is 1.00 e. The quantitative estimate of drug-likeness (QED) is 0.0287. The molecule has 0 radical (unpaired) electrons. The van der Waals surface area contributed by atoms with Crippen LogP contribution in [0.15, 0.2) is 0 Å². The minimum Gasteiger partial charge on any atom is -1.00 e. The highest BCUT2D eigenvalue weighted by Gasteiger charge is 2.20. The van der Waals surface area contributed by atoms with Gasteiger partial charge in [-0.05, 0) is 70.6 Å². The Morgan fingerprint density at radius 2 is 0.846 bits per heavy atom. The maximum absolute atomic E-state index is 12.7. The number of aliphatic hydroxyl groups excluding tert-OH is 1. The van der Waals surface area contributed by atoms with Gasteiger partial charge in [0.15, 0.2) is 0 Å². The van der Waals surface area contributed by atoms with Crippen molar-refractivity contribution in [3.63, 3.8) is 0 Å². The molecule has 1 N–H and O–H groups in total. The first-order valence-corrected chi connectivity index (χ1v) is 22.7.